The number of hydrogen-bond acceptors (Lipinski definition) is 16. The highest BCUT2D eigenvalue weighted by Crippen LogP contribution is 2.22. The van der Waals surface area contributed by atoms with Gasteiger partial charge in [-0.2, -0.15) is 0 Å². The third kappa shape index (κ3) is 22.6. The van der Waals surface area contributed by atoms with Crippen LogP contribution in [-0.4, -0.2) is 247 Å². The molecule has 0 atom stereocenters. The molecule has 7 fully saturated rings. The van der Waals surface area contributed by atoms with Crippen LogP contribution in [0.3, 0.4) is 0 Å². The first-order chi connectivity index (χ1) is 36.6. The van der Waals surface area contributed by atoms with Crippen molar-refractivity contribution in [3.05, 3.63) is 102 Å². The molecule has 3 aromatic carbocycles. The predicted octanol–water partition coefficient (Wildman–Crippen LogP) is 2.97. The quantitative estimate of drug-likeness (QED) is 0.192. The summed E-state index contributed by atoms with van der Waals surface area (Å²) in [5.41, 5.74) is 2.02. The summed E-state index contributed by atoms with van der Waals surface area (Å²) in [5, 5.41) is 0. The number of likely N-dealkylation sites (tertiary alicyclic amines) is 5. The summed E-state index contributed by atoms with van der Waals surface area (Å²) in [6.45, 7) is 14.7. The van der Waals surface area contributed by atoms with Crippen LogP contribution < -0.4 is 0 Å². The van der Waals surface area contributed by atoms with Gasteiger partial charge in [-0.15, -0.1) is 0 Å². The van der Waals surface area contributed by atoms with Gasteiger partial charge in [0.25, 0.3) is 0 Å². The molecule has 0 aliphatic carbocycles. The molecule has 0 aromatic heterocycles. The van der Waals surface area contributed by atoms with Crippen LogP contribution in [0.2, 0.25) is 0 Å². The Kier molecular flexibility index (Phi) is 24.3. The first kappa shape index (κ1) is 62.2. The van der Waals surface area contributed by atoms with Crippen molar-refractivity contribution < 1.29 is 44.4 Å². The van der Waals surface area contributed by atoms with E-state index in [2.05, 4.69) is 43.5 Å². The number of rotatable bonds is 17. The summed E-state index contributed by atoms with van der Waals surface area (Å²) in [5.74, 6) is 4.25. The molecule has 10 rings (SSSR count). The summed E-state index contributed by atoms with van der Waals surface area (Å²) >= 11 is 0. The molecule has 0 N–H and O–H groups in total. The number of hydrogen-bond donors (Lipinski definition) is 0. The SMILES string of the molecule is CN1CC(CC(=O)CN2CCOCC2)C1.CN1CC(CC(=O)Cc2ccccc2)C1.CN1CC(CC(=O)N2CCS(=O)(=O)CC2)C1.CN1CC(CS(=O)(=O)Cc2ccccc2)C1.CN1CC(CS(=O)(=O)c2ccccc2)C1. The van der Waals surface area contributed by atoms with Gasteiger partial charge < -0.3 is 34.1 Å². The molecule has 0 radical (unpaired) electrons. The molecule has 77 heavy (non-hydrogen) atoms. The molecule has 0 unspecified atom stereocenters. The van der Waals surface area contributed by atoms with Crippen LogP contribution in [0.1, 0.15) is 30.4 Å². The van der Waals surface area contributed by atoms with Crippen molar-refractivity contribution in [3.8, 4) is 0 Å². The second-order valence-corrected chi connectivity index (χ2v) is 29.3. The number of amides is 1. The molecule has 7 saturated heterocycles. The van der Waals surface area contributed by atoms with Gasteiger partial charge in [-0.1, -0.05) is 78.9 Å². The summed E-state index contributed by atoms with van der Waals surface area (Å²) in [6.07, 6.45) is 2.69. The summed E-state index contributed by atoms with van der Waals surface area (Å²) < 4.78 is 75.3. The maximum atomic E-state index is 11.9. The van der Waals surface area contributed by atoms with Crippen LogP contribution in [0, 0.1) is 29.6 Å². The van der Waals surface area contributed by atoms with E-state index in [4.69, 9.17) is 4.74 Å². The van der Waals surface area contributed by atoms with Gasteiger partial charge in [0.1, 0.15) is 11.6 Å². The van der Waals surface area contributed by atoms with Crippen molar-refractivity contribution in [2.75, 3.05) is 170 Å². The minimum absolute atomic E-state index is 0.119. The van der Waals surface area contributed by atoms with Gasteiger partial charge >= 0.3 is 0 Å². The first-order valence-electron chi connectivity index (χ1n) is 27.4. The van der Waals surface area contributed by atoms with Crippen LogP contribution in [0.15, 0.2) is 95.9 Å². The zero-order chi connectivity index (χ0) is 55.6. The first-order valence-corrected chi connectivity index (χ1v) is 32.7. The Labute approximate surface area is 461 Å². The Morgan fingerprint density at radius 1 is 0.506 bits per heavy atom. The molecule has 3 aromatic rings. The van der Waals surface area contributed by atoms with Crippen molar-refractivity contribution in [1.29, 1.82) is 0 Å². The van der Waals surface area contributed by atoms with E-state index in [1.807, 2.05) is 87.9 Å². The Hall–Kier alpha value is -3.96. The fraction of sp³-hybridized carbons (Fsp3) is 0.632. The third-order valence-electron chi connectivity index (χ3n) is 14.9. The van der Waals surface area contributed by atoms with Crippen LogP contribution >= 0.6 is 0 Å². The second kappa shape index (κ2) is 30.0. The average molecular weight is 1130 g/mol. The van der Waals surface area contributed by atoms with Crippen LogP contribution in [0.4, 0.5) is 0 Å². The number of ether oxygens (including phenoxy) is 1. The molecule has 7 aliphatic heterocycles. The molecule has 0 saturated carbocycles. The molecule has 1 amide bonds. The molecular formula is C57H87N7O10S3. The van der Waals surface area contributed by atoms with E-state index >= 15 is 0 Å². The average Bonchev–Trinajstić information content (AvgIpc) is 3.33. The van der Waals surface area contributed by atoms with E-state index in [0.717, 1.165) is 116 Å². The minimum atomic E-state index is -3.07. The van der Waals surface area contributed by atoms with Crippen LogP contribution in [0.5, 0.6) is 0 Å². The number of ketones is 2. The second-order valence-electron chi connectivity index (χ2n) is 22.8. The topological polar surface area (TPSA) is 186 Å². The monoisotopic (exact) mass is 1130 g/mol. The highest BCUT2D eigenvalue weighted by atomic mass is 32.2. The third-order valence-corrected chi connectivity index (χ3v) is 20.2. The summed E-state index contributed by atoms with van der Waals surface area (Å²) in [4.78, 5) is 50.6. The zero-order valence-corrected chi connectivity index (χ0v) is 48.8. The molecule has 428 valence electrons. The predicted molar refractivity (Wildman–Crippen MR) is 304 cm³/mol. The summed E-state index contributed by atoms with van der Waals surface area (Å²) in [7, 11) is 1.36. The lowest BCUT2D eigenvalue weighted by atomic mass is 9.92. The number of carbonyl (C=O) groups excluding carboxylic acids is 3. The zero-order valence-electron chi connectivity index (χ0n) is 46.4. The maximum Gasteiger partial charge on any atom is 0.223 e. The Bertz CT molecular complexity index is 2600. The van der Waals surface area contributed by atoms with Gasteiger partial charge in [0, 0.05) is 117 Å². The van der Waals surface area contributed by atoms with Crippen molar-refractivity contribution in [2.45, 2.75) is 36.3 Å². The molecule has 7 heterocycles. The van der Waals surface area contributed by atoms with Gasteiger partial charge in [0.2, 0.25) is 5.91 Å². The Morgan fingerprint density at radius 3 is 1.38 bits per heavy atom. The van der Waals surface area contributed by atoms with Crippen molar-refractivity contribution >= 4 is 47.0 Å². The van der Waals surface area contributed by atoms with Crippen molar-refractivity contribution in [1.82, 2.24) is 34.3 Å². The van der Waals surface area contributed by atoms with E-state index in [1.165, 1.54) is 0 Å². The number of morpholine rings is 1. The molecular weight excluding hydrogens is 1040 g/mol. The fourth-order valence-corrected chi connectivity index (χ4v) is 15.5. The van der Waals surface area contributed by atoms with Crippen LogP contribution in [-0.2, 0) is 60.8 Å². The van der Waals surface area contributed by atoms with Gasteiger partial charge in [0.05, 0.1) is 53.4 Å². The number of carbonyl (C=O) groups is 3. The minimum Gasteiger partial charge on any atom is -0.379 e. The fourth-order valence-electron chi connectivity index (χ4n) is 11.0. The number of sulfone groups is 3. The highest BCUT2D eigenvalue weighted by Gasteiger charge is 2.32. The normalized spacial score (nSPS) is 21.2. The molecule has 7 aliphatic rings. The van der Waals surface area contributed by atoms with Crippen molar-refractivity contribution in [3.63, 3.8) is 0 Å². The van der Waals surface area contributed by atoms with Gasteiger partial charge in [-0.3, -0.25) is 19.3 Å². The van der Waals surface area contributed by atoms with E-state index in [9.17, 15) is 39.6 Å². The van der Waals surface area contributed by atoms with E-state index in [1.54, 1.807) is 29.2 Å². The van der Waals surface area contributed by atoms with E-state index in [0.29, 0.717) is 84.3 Å². The lowest BCUT2D eigenvalue weighted by Gasteiger charge is -2.37. The van der Waals surface area contributed by atoms with E-state index < -0.39 is 29.5 Å². The molecule has 17 nitrogen and oxygen atoms in total. The smallest absolute Gasteiger partial charge is 0.223 e. The van der Waals surface area contributed by atoms with Gasteiger partial charge in [-0.25, -0.2) is 25.3 Å². The maximum absolute atomic E-state index is 11.9. The number of Topliss-reactive ketones (excluding diaryl/α,β-unsaturated/α-hetero) is 2. The van der Waals surface area contributed by atoms with Crippen LogP contribution in [0.25, 0.3) is 0 Å². The number of nitrogens with zero attached hydrogens (tertiary/aromatic N) is 7. The van der Waals surface area contributed by atoms with Gasteiger partial charge in [0.15, 0.2) is 29.5 Å². The number of benzene rings is 3. The lowest BCUT2D eigenvalue weighted by Crippen LogP contribution is -2.49. The Morgan fingerprint density at radius 2 is 0.909 bits per heavy atom. The largest absolute Gasteiger partial charge is 0.379 e. The van der Waals surface area contributed by atoms with E-state index in [-0.39, 0.29) is 28.9 Å². The van der Waals surface area contributed by atoms with Crippen molar-refractivity contribution in [2.24, 2.45) is 29.6 Å². The molecule has 20 heteroatoms. The van der Waals surface area contributed by atoms with Gasteiger partial charge in [-0.05, 0) is 88.1 Å². The molecule has 0 spiro atoms. The summed E-state index contributed by atoms with van der Waals surface area (Å²) in [6, 6.07) is 28.1. The highest BCUT2D eigenvalue weighted by molar-refractivity contribution is 7.91. The molecule has 0 bridgehead atoms. The Balaban J connectivity index is 0.000000156. The lowest BCUT2D eigenvalue weighted by molar-refractivity contribution is -0.133. The standard InChI is InChI=1S/C13H17NO.C12H17NO2S.C11H20N2O2.C11H15NO2S.C10H18N2O3S/c1-14-9-12(10-14)8-13(15)7-11-5-3-2-4-6-11;1-13-7-12(8-13)10-16(14,15)9-11-5-3-2-4-6-11;1-12-7-10(8-12)6-11(14)9-13-2-4-15-5-3-13;1-12-7-10(8-12)9-15(13,14)11-5-3-2-4-6-11;1-11-7-9(8-11)6-10(13)12-2-4-16(14,15)5-3-12/h2-6,12H,7-10H2,1H3;2-6,12H,7-10H2,1H3;10H,2-9H2,1H3;2-6,10H,7-9H2,1H3;9H,2-8H2,1H3.